The molecule has 3 heteroatoms. The second-order valence-electron chi connectivity index (χ2n) is 9.56. The molecule has 0 bridgehead atoms. The van der Waals surface area contributed by atoms with Crippen LogP contribution in [-0.2, 0) is 10.8 Å². The maximum absolute atomic E-state index is 11.2. The minimum absolute atomic E-state index is 0.147. The molecule has 0 spiro atoms. The number of carboxylic acid groups (broad SMARTS) is 1. The van der Waals surface area contributed by atoms with Crippen LogP contribution in [0.25, 0.3) is 10.8 Å². The number of rotatable bonds is 3. The Hall–Kier alpha value is -2.32. The van der Waals surface area contributed by atoms with E-state index in [2.05, 4.69) is 52.0 Å². The maximum Gasteiger partial charge on any atom is 0.335 e. The van der Waals surface area contributed by atoms with E-state index in [0.29, 0.717) is 5.56 Å². The largest absolute Gasteiger partial charge is 0.478 e. The molecule has 0 amide bonds. The Labute approximate surface area is 177 Å². The van der Waals surface area contributed by atoms with Crippen LogP contribution in [0.5, 0.6) is 0 Å². The molecule has 0 aromatic heterocycles. The van der Waals surface area contributed by atoms with Gasteiger partial charge in [0, 0.05) is 0 Å². The number of carbonyl (C=O) groups is 1. The molecule has 1 aliphatic carbocycles. The van der Waals surface area contributed by atoms with E-state index in [-0.39, 0.29) is 16.2 Å². The van der Waals surface area contributed by atoms with Crippen LogP contribution in [0.1, 0.15) is 78.5 Å². The number of hydrogen-bond acceptors (Lipinski definition) is 1. The van der Waals surface area contributed by atoms with E-state index in [0.717, 1.165) is 21.9 Å². The normalized spacial score (nSPS) is 18.2. The Morgan fingerprint density at radius 1 is 0.828 bits per heavy atom. The second-order valence-corrected chi connectivity index (χ2v) is 10.00. The molecule has 2 nitrogen and oxygen atoms in total. The lowest BCUT2D eigenvalue weighted by Crippen LogP contribution is -2.33. The lowest BCUT2D eigenvalue weighted by molar-refractivity contribution is 0.0697. The van der Waals surface area contributed by atoms with E-state index >= 15 is 0 Å². The van der Waals surface area contributed by atoms with E-state index in [9.17, 15) is 9.90 Å². The summed E-state index contributed by atoms with van der Waals surface area (Å²) in [6.45, 7) is 9.30. The third-order valence-corrected chi connectivity index (χ3v) is 7.08. The van der Waals surface area contributed by atoms with Gasteiger partial charge < -0.3 is 5.11 Å². The minimum Gasteiger partial charge on any atom is -0.478 e. The predicted octanol–water partition coefficient (Wildman–Crippen LogP) is 7.22. The lowest BCUT2D eigenvalue weighted by Gasteiger charge is -2.42. The van der Waals surface area contributed by atoms with Gasteiger partial charge in [0.2, 0.25) is 0 Å². The highest BCUT2D eigenvalue weighted by Gasteiger charge is 2.37. The van der Waals surface area contributed by atoms with Crippen molar-refractivity contribution in [1.29, 1.82) is 0 Å². The molecule has 0 heterocycles. The van der Waals surface area contributed by atoms with Crippen LogP contribution in [0.4, 0.5) is 0 Å². The van der Waals surface area contributed by atoms with Crippen LogP contribution in [0, 0.1) is 0 Å². The van der Waals surface area contributed by atoms with E-state index in [1.54, 1.807) is 12.1 Å². The first-order valence-electron chi connectivity index (χ1n) is 10.1. The Morgan fingerprint density at radius 2 is 1.38 bits per heavy atom. The summed E-state index contributed by atoms with van der Waals surface area (Å²) in [5.74, 6) is -0.911. The summed E-state index contributed by atoms with van der Waals surface area (Å²) in [5, 5.41) is 10.9. The van der Waals surface area contributed by atoms with Crippen LogP contribution < -0.4 is 0 Å². The molecule has 29 heavy (non-hydrogen) atoms. The summed E-state index contributed by atoms with van der Waals surface area (Å²) < 4.78 is 0. The van der Waals surface area contributed by atoms with Gasteiger partial charge in [-0.05, 0) is 74.9 Å². The molecular weight excluding hydrogens is 380 g/mol. The quantitative estimate of drug-likeness (QED) is 0.466. The smallest absolute Gasteiger partial charge is 0.335 e. The van der Waals surface area contributed by atoms with Gasteiger partial charge >= 0.3 is 5.97 Å². The fraction of sp³-hybridized carbons (Fsp3) is 0.346. The molecule has 0 saturated carbocycles. The maximum atomic E-state index is 11.2. The van der Waals surface area contributed by atoms with Crippen molar-refractivity contribution >= 4 is 28.3 Å². The summed E-state index contributed by atoms with van der Waals surface area (Å²) in [7, 11) is 0. The third-order valence-electron chi connectivity index (χ3n) is 6.57. The van der Waals surface area contributed by atoms with Crippen molar-refractivity contribution in [3.05, 3.63) is 82.4 Å². The zero-order chi connectivity index (χ0) is 21.0. The summed E-state index contributed by atoms with van der Waals surface area (Å²) in [4.78, 5) is 11.2. The number of halogens is 1. The number of aromatic carboxylic acids is 1. The molecule has 4 rings (SSSR count). The van der Waals surface area contributed by atoms with E-state index < -0.39 is 5.97 Å². The molecule has 0 saturated heterocycles. The van der Waals surface area contributed by atoms with E-state index in [4.69, 9.17) is 11.6 Å². The van der Waals surface area contributed by atoms with E-state index in [1.807, 2.05) is 18.2 Å². The number of benzene rings is 3. The fourth-order valence-electron chi connectivity index (χ4n) is 4.51. The number of alkyl halides is 1. The van der Waals surface area contributed by atoms with Crippen molar-refractivity contribution < 1.29 is 9.90 Å². The van der Waals surface area contributed by atoms with Gasteiger partial charge in [-0.2, -0.15) is 0 Å². The van der Waals surface area contributed by atoms with Gasteiger partial charge in [0.05, 0.1) is 10.9 Å². The molecule has 0 aliphatic heterocycles. The van der Waals surface area contributed by atoms with Crippen LogP contribution in [0.3, 0.4) is 0 Å². The van der Waals surface area contributed by atoms with Gasteiger partial charge in [-0.1, -0.05) is 64.1 Å². The van der Waals surface area contributed by atoms with Crippen molar-refractivity contribution in [3.8, 4) is 0 Å². The van der Waals surface area contributed by atoms with Gasteiger partial charge in [-0.25, -0.2) is 4.79 Å². The molecule has 1 N–H and O–H groups in total. The van der Waals surface area contributed by atoms with Crippen LogP contribution in [-0.4, -0.2) is 11.1 Å². The molecular formula is C26H27ClO2. The third kappa shape index (κ3) is 3.55. The predicted molar refractivity (Wildman–Crippen MR) is 120 cm³/mol. The first-order valence-corrected chi connectivity index (χ1v) is 10.6. The highest BCUT2D eigenvalue weighted by Crippen LogP contribution is 2.47. The average Bonchev–Trinajstić information content (AvgIpc) is 2.70. The highest BCUT2D eigenvalue weighted by atomic mass is 35.5. The van der Waals surface area contributed by atoms with Crippen LogP contribution in [0.2, 0.25) is 0 Å². The Balaban J connectivity index is 1.74. The summed E-state index contributed by atoms with van der Waals surface area (Å²) in [6, 6.07) is 17.9. The summed E-state index contributed by atoms with van der Waals surface area (Å²) in [6.07, 6.45) is 2.37. The molecule has 3 aromatic carbocycles. The minimum atomic E-state index is -0.911. The highest BCUT2D eigenvalue weighted by molar-refractivity contribution is 6.22. The number of fused-ring (bicyclic) bond motifs is 2. The first-order chi connectivity index (χ1) is 13.6. The molecule has 150 valence electrons. The molecule has 1 atom stereocenters. The lowest BCUT2D eigenvalue weighted by atomic mass is 9.63. The van der Waals surface area contributed by atoms with Crippen molar-refractivity contribution in [3.63, 3.8) is 0 Å². The van der Waals surface area contributed by atoms with Crippen LogP contribution >= 0.6 is 11.6 Å². The van der Waals surface area contributed by atoms with Gasteiger partial charge in [0.15, 0.2) is 0 Å². The second kappa shape index (κ2) is 6.88. The van der Waals surface area contributed by atoms with Crippen molar-refractivity contribution in [2.24, 2.45) is 0 Å². The van der Waals surface area contributed by atoms with Gasteiger partial charge in [0.25, 0.3) is 0 Å². The molecule has 1 aliphatic rings. The standard InChI is InChI=1S/C26H27ClO2/c1-25(2)11-12-26(3,4)22-15-19(9-10-21(22)25)23(27)18-7-5-17-14-20(24(28)29)8-6-16(17)13-18/h5-10,13-15,23H,11-12H2,1-4H3,(H,28,29). The molecule has 0 fully saturated rings. The zero-order valence-electron chi connectivity index (χ0n) is 17.4. The monoisotopic (exact) mass is 406 g/mol. The average molecular weight is 407 g/mol. The molecule has 1 unspecified atom stereocenters. The van der Waals surface area contributed by atoms with Crippen molar-refractivity contribution in [2.75, 3.05) is 0 Å². The van der Waals surface area contributed by atoms with Crippen molar-refractivity contribution in [1.82, 2.24) is 0 Å². The van der Waals surface area contributed by atoms with Crippen LogP contribution in [0.15, 0.2) is 54.6 Å². The number of hydrogen-bond donors (Lipinski definition) is 1. The Bertz CT molecular complexity index is 1110. The molecule has 3 aromatic rings. The van der Waals surface area contributed by atoms with Gasteiger partial charge in [-0.3, -0.25) is 0 Å². The van der Waals surface area contributed by atoms with Gasteiger partial charge in [0.1, 0.15) is 0 Å². The first kappa shape index (κ1) is 20.0. The van der Waals surface area contributed by atoms with Gasteiger partial charge in [-0.15, -0.1) is 11.6 Å². The van der Waals surface area contributed by atoms with Crippen molar-refractivity contribution in [2.45, 2.75) is 56.7 Å². The molecule has 0 radical (unpaired) electrons. The zero-order valence-corrected chi connectivity index (χ0v) is 18.2. The Kier molecular flexibility index (Phi) is 4.74. The fourth-order valence-corrected chi connectivity index (χ4v) is 4.78. The summed E-state index contributed by atoms with van der Waals surface area (Å²) >= 11 is 6.93. The number of carboxylic acids is 1. The SMILES string of the molecule is CC1(C)CCC(C)(C)c2cc(C(Cl)c3ccc4cc(C(=O)O)ccc4c3)ccc21. The van der Waals surface area contributed by atoms with E-state index in [1.165, 1.54) is 24.0 Å². The Morgan fingerprint density at radius 3 is 2.07 bits per heavy atom. The topological polar surface area (TPSA) is 37.3 Å². The summed E-state index contributed by atoms with van der Waals surface area (Å²) in [5.41, 5.74) is 5.61.